The molecule has 0 aromatic carbocycles. The van der Waals surface area contributed by atoms with E-state index in [0.717, 1.165) is 0 Å². The van der Waals surface area contributed by atoms with E-state index in [1.54, 1.807) is 0 Å². The minimum Gasteiger partial charge on any atom is -0.391 e. The molecule has 4 heteroatoms. The third kappa shape index (κ3) is 7.65. The minimum atomic E-state index is -0.478. The van der Waals surface area contributed by atoms with Crippen LogP contribution in [0.5, 0.6) is 0 Å². The van der Waals surface area contributed by atoms with E-state index >= 15 is 0 Å². The zero-order valence-corrected chi connectivity index (χ0v) is 10.9. The van der Waals surface area contributed by atoms with Crippen LogP contribution >= 0.6 is 0 Å². The molecule has 96 valence electrons. The van der Waals surface area contributed by atoms with Gasteiger partial charge in [0.25, 0.3) is 0 Å². The Hall–Kier alpha value is -0.610. The maximum Gasteiger partial charge on any atom is 0.222 e. The Kier molecular flexibility index (Phi) is 6.60. The highest BCUT2D eigenvalue weighted by Gasteiger charge is 2.18. The van der Waals surface area contributed by atoms with Crippen LogP contribution in [0.1, 0.15) is 40.5 Å². The van der Waals surface area contributed by atoms with Crippen molar-refractivity contribution in [1.82, 2.24) is 5.32 Å². The predicted molar refractivity (Wildman–Crippen MR) is 65.9 cm³/mol. The second-order valence-electron chi connectivity index (χ2n) is 5.64. The van der Waals surface area contributed by atoms with Gasteiger partial charge in [-0.2, -0.15) is 0 Å². The van der Waals surface area contributed by atoms with Gasteiger partial charge in [-0.05, 0) is 24.8 Å². The number of hydrogen-bond acceptors (Lipinski definition) is 3. The first-order valence-corrected chi connectivity index (χ1v) is 5.92. The van der Waals surface area contributed by atoms with Crippen LogP contribution in [0.15, 0.2) is 0 Å². The van der Waals surface area contributed by atoms with E-state index in [1.807, 2.05) is 6.92 Å². The molecule has 0 saturated carbocycles. The topological polar surface area (TPSA) is 75.4 Å². The van der Waals surface area contributed by atoms with Gasteiger partial charge in [0, 0.05) is 12.5 Å². The number of carbonyl (C=O) groups excluding carboxylic acids is 1. The van der Waals surface area contributed by atoms with Crippen molar-refractivity contribution in [1.29, 1.82) is 0 Å². The quantitative estimate of drug-likeness (QED) is 0.634. The number of nitrogens with two attached hydrogens (primary N) is 1. The Balaban J connectivity index is 3.83. The molecule has 16 heavy (non-hydrogen) atoms. The van der Waals surface area contributed by atoms with Gasteiger partial charge < -0.3 is 16.2 Å². The van der Waals surface area contributed by atoms with Crippen molar-refractivity contribution in [2.45, 2.75) is 46.6 Å². The van der Waals surface area contributed by atoms with Gasteiger partial charge in [0.2, 0.25) is 5.91 Å². The molecule has 4 N–H and O–H groups in total. The summed E-state index contributed by atoms with van der Waals surface area (Å²) in [6.07, 6.45) is 0.883. The maximum absolute atomic E-state index is 11.5. The Labute approximate surface area is 98.6 Å². The van der Waals surface area contributed by atoms with Crippen LogP contribution in [-0.4, -0.2) is 30.2 Å². The fourth-order valence-corrected chi connectivity index (χ4v) is 1.55. The van der Waals surface area contributed by atoms with Gasteiger partial charge in [-0.15, -0.1) is 0 Å². The molecule has 1 amide bonds. The molecule has 4 nitrogen and oxygen atoms in total. The van der Waals surface area contributed by atoms with Crippen molar-refractivity contribution in [3.05, 3.63) is 0 Å². The molecule has 0 radical (unpaired) electrons. The second-order valence-corrected chi connectivity index (χ2v) is 5.64. The van der Waals surface area contributed by atoms with Crippen LogP contribution in [0, 0.1) is 11.3 Å². The summed E-state index contributed by atoms with van der Waals surface area (Å²) in [5.41, 5.74) is 5.45. The van der Waals surface area contributed by atoms with Gasteiger partial charge in [0.15, 0.2) is 0 Å². The SMILES string of the molecule is CC(CCN)C(=O)NCC(O)CC(C)(C)C. The van der Waals surface area contributed by atoms with Crippen LogP contribution in [0.4, 0.5) is 0 Å². The summed E-state index contributed by atoms with van der Waals surface area (Å²) in [6, 6.07) is 0. The van der Waals surface area contributed by atoms with E-state index < -0.39 is 6.10 Å². The van der Waals surface area contributed by atoms with E-state index in [1.165, 1.54) is 0 Å². The normalized spacial score (nSPS) is 15.6. The maximum atomic E-state index is 11.5. The molecule has 0 aromatic heterocycles. The van der Waals surface area contributed by atoms with Gasteiger partial charge in [-0.25, -0.2) is 0 Å². The molecular formula is C12H26N2O2. The van der Waals surface area contributed by atoms with Crippen LogP contribution in [0.2, 0.25) is 0 Å². The Bertz CT molecular complexity index is 212. The van der Waals surface area contributed by atoms with Gasteiger partial charge in [0.05, 0.1) is 6.10 Å². The third-order valence-electron chi connectivity index (χ3n) is 2.41. The van der Waals surface area contributed by atoms with Crippen molar-refractivity contribution in [3.63, 3.8) is 0 Å². The fraction of sp³-hybridized carbons (Fsp3) is 0.917. The summed E-state index contributed by atoms with van der Waals surface area (Å²) in [5.74, 6) is -0.106. The van der Waals surface area contributed by atoms with Gasteiger partial charge in [-0.3, -0.25) is 4.79 Å². The molecule has 0 bridgehead atoms. The summed E-state index contributed by atoms with van der Waals surface area (Å²) in [4.78, 5) is 11.5. The van der Waals surface area contributed by atoms with Crippen LogP contribution < -0.4 is 11.1 Å². The number of aliphatic hydroxyl groups is 1. The molecular weight excluding hydrogens is 204 g/mol. The smallest absolute Gasteiger partial charge is 0.222 e. The Morgan fingerprint density at radius 3 is 2.44 bits per heavy atom. The Morgan fingerprint density at radius 2 is 2.00 bits per heavy atom. The summed E-state index contributed by atoms with van der Waals surface area (Å²) in [5, 5.41) is 12.5. The molecule has 0 aliphatic rings. The lowest BCUT2D eigenvalue weighted by Gasteiger charge is -2.23. The van der Waals surface area contributed by atoms with Gasteiger partial charge in [0.1, 0.15) is 0 Å². The minimum absolute atomic E-state index is 0.0293. The molecule has 0 aliphatic carbocycles. The average Bonchev–Trinajstić information content (AvgIpc) is 2.11. The highest BCUT2D eigenvalue weighted by Crippen LogP contribution is 2.20. The number of aliphatic hydroxyl groups excluding tert-OH is 1. The number of hydrogen-bond donors (Lipinski definition) is 3. The monoisotopic (exact) mass is 230 g/mol. The summed E-state index contributed by atoms with van der Waals surface area (Å²) in [7, 11) is 0. The van der Waals surface area contributed by atoms with E-state index in [4.69, 9.17) is 5.73 Å². The van der Waals surface area contributed by atoms with Crippen LogP contribution in [-0.2, 0) is 4.79 Å². The Morgan fingerprint density at radius 1 is 1.44 bits per heavy atom. The molecule has 0 aliphatic heterocycles. The first kappa shape index (κ1) is 15.4. The lowest BCUT2D eigenvalue weighted by molar-refractivity contribution is -0.125. The fourth-order valence-electron chi connectivity index (χ4n) is 1.55. The van der Waals surface area contributed by atoms with Crippen molar-refractivity contribution in [2.24, 2.45) is 17.1 Å². The molecule has 2 atom stereocenters. The zero-order chi connectivity index (χ0) is 12.8. The van der Waals surface area contributed by atoms with E-state index in [0.29, 0.717) is 25.9 Å². The third-order valence-corrected chi connectivity index (χ3v) is 2.41. The standard InChI is InChI=1S/C12H26N2O2/c1-9(5-6-13)11(16)14-8-10(15)7-12(2,3)4/h9-10,15H,5-8,13H2,1-4H3,(H,14,16). The number of nitrogens with one attached hydrogen (secondary N) is 1. The van der Waals surface area contributed by atoms with E-state index in [2.05, 4.69) is 26.1 Å². The molecule has 2 unspecified atom stereocenters. The first-order valence-electron chi connectivity index (χ1n) is 5.92. The van der Waals surface area contributed by atoms with Crippen molar-refractivity contribution in [3.8, 4) is 0 Å². The molecule has 0 fully saturated rings. The van der Waals surface area contributed by atoms with Crippen LogP contribution in [0.3, 0.4) is 0 Å². The van der Waals surface area contributed by atoms with Crippen molar-refractivity contribution in [2.75, 3.05) is 13.1 Å². The molecule has 0 saturated heterocycles. The van der Waals surface area contributed by atoms with Crippen LogP contribution in [0.25, 0.3) is 0 Å². The lowest BCUT2D eigenvalue weighted by atomic mass is 9.89. The van der Waals surface area contributed by atoms with E-state index in [-0.39, 0.29) is 17.2 Å². The molecule has 0 spiro atoms. The van der Waals surface area contributed by atoms with Gasteiger partial charge >= 0.3 is 0 Å². The number of rotatable bonds is 6. The molecule has 0 aromatic rings. The number of carbonyl (C=O) groups is 1. The predicted octanol–water partition coefficient (Wildman–Crippen LogP) is 0.885. The second kappa shape index (κ2) is 6.86. The molecule has 0 rings (SSSR count). The highest BCUT2D eigenvalue weighted by atomic mass is 16.3. The lowest BCUT2D eigenvalue weighted by Crippen LogP contribution is -2.37. The summed E-state index contributed by atoms with van der Waals surface area (Å²) < 4.78 is 0. The summed E-state index contributed by atoms with van der Waals surface area (Å²) in [6.45, 7) is 8.88. The average molecular weight is 230 g/mol. The zero-order valence-electron chi connectivity index (χ0n) is 10.9. The van der Waals surface area contributed by atoms with Crippen molar-refractivity contribution >= 4 is 5.91 Å². The molecule has 0 heterocycles. The highest BCUT2D eigenvalue weighted by molar-refractivity contribution is 5.78. The van der Waals surface area contributed by atoms with Crippen molar-refractivity contribution < 1.29 is 9.90 Å². The van der Waals surface area contributed by atoms with E-state index in [9.17, 15) is 9.90 Å². The summed E-state index contributed by atoms with van der Waals surface area (Å²) >= 11 is 0. The van der Waals surface area contributed by atoms with Gasteiger partial charge in [-0.1, -0.05) is 27.7 Å². The first-order chi connectivity index (χ1) is 7.26. The number of amides is 1. The largest absolute Gasteiger partial charge is 0.391 e.